The summed E-state index contributed by atoms with van der Waals surface area (Å²) in [5.41, 5.74) is 4.07. The summed E-state index contributed by atoms with van der Waals surface area (Å²) in [5, 5.41) is 5.74. The molecule has 0 saturated carbocycles. The number of thioether (sulfide) groups is 1. The summed E-state index contributed by atoms with van der Waals surface area (Å²) in [5.74, 6) is 0.805. The van der Waals surface area contributed by atoms with Gasteiger partial charge in [-0.2, -0.15) is 0 Å². The van der Waals surface area contributed by atoms with E-state index in [1.807, 2.05) is 55.5 Å². The van der Waals surface area contributed by atoms with E-state index in [9.17, 15) is 4.79 Å². The van der Waals surface area contributed by atoms with Crippen LogP contribution in [0.4, 0.5) is 0 Å². The van der Waals surface area contributed by atoms with Crippen molar-refractivity contribution in [3.05, 3.63) is 81.3 Å². The number of carbonyl (C=O) groups is 1. The van der Waals surface area contributed by atoms with E-state index in [0.717, 1.165) is 32.8 Å². The molecule has 1 heterocycles. The first-order valence-corrected chi connectivity index (χ1v) is 10.5. The van der Waals surface area contributed by atoms with Gasteiger partial charge in [-0.3, -0.25) is 4.79 Å². The fraction of sp³-hybridized carbons (Fsp3) is 0.200. The van der Waals surface area contributed by atoms with E-state index in [1.165, 1.54) is 5.56 Å². The van der Waals surface area contributed by atoms with Crippen LogP contribution in [0.3, 0.4) is 0 Å². The lowest BCUT2D eigenvalue weighted by atomic mass is 10.1. The number of amides is 1. The molecular weight excluding hydrogens is 384 g/mol. The van der Waals surface area contributed by atoms with Gasteiger partial charge in [0.15, 0.2) is 0 Å². The van der Waals surface area contributed by atoms with E-state index in [-0.39, 0.29) is 5.91 Å². The molecular formula is C20H19ClN2OS2. The molecule has 0 aliphatic rings. The molecule has 134 valence electrons. The normalized spacial score (nSPS) is 10.7. The molecule has 6 heteroatoms. The first-order valence-electron chi connectivity index (χ1n) is 8.27. The summed E-state index contributed by atoms with van der Waals surface area (Å²) in [4.78, 5) is 16.7. The predicted octanol–water partition coefficient (Wildman–Crippen LogP) is 5.37. The third-order valence-corrected chi connectivity index (χ3v) is 6.25. The van der Waals surface area contributed by atoms with Crippen molar-refractivity contribution >= 4 is 40.6 Å². The zero-order valence-corrected chi connectivity index (χ0v) is 16.8. The Hall–Kier alpha value is -1.82. The lowest BCUT2D eigenvalue weighted by Gasteiger charge is -2.06. The maximum atomic E-state index is 12.2. The maximum Gasteiger partial charge on any atom is 0.251 e. The van der Waals surface area contributed by atoms with Gasteiger partial charge in [-0.1, -0.05) is 47.6 Å². The number of halogens is 1. The first-order chi connectivity index (χ1) is 12.6. The van der Waals surface area contributed by atoms with Gasteiger partial charge < -0.3 is 5.32 Å². The second-order valence-corrected chi connectivity index (χ2v) is 8.39. The third-order valence-electron chi connectivity index (χ3n) is 3.79. The van der Waals surface area contributed by atoms with Crippen LogP contribution >= 0.6 is 34.7 Å². The van der Waals surface area contributed by atoms with E-state index in [2.05, 4.69) is 15.7 Å². The van der Waals surface area contributed by atoms with Crippen LogP contribution in [-0.2, 0) is 12.2 Å². The molecule has 3 aromatic rings. The molecule has 3 rings (SSSR count). The van der Waals surface area contributed by atoms with Crippen molar-refractivity contribution in [2.75, 3.05) is 6.54 Å². The Balaban J connectivity index is 1.46. The maximum absolute atomic E-state index is 12.2. The summed E-state index contributed by atoms with van der Waals surface area (Å²) in [7, 11) is 0. The molecule has 0 radical (unpaired) electrons. The number of rotatable bonds is 7. The van der Waals surface area contributed by atoms with E-state index in [1.54, 1.807) is 23.1 Å². The largest absolute Gasteiger partial charge is 0.352 e. The molecule has 0 aliphatic carbocycles. The number of hydrogen-bond acceptors (Lipinski definition) is 4. The van der Waals surface area contributed by atoms with Crippen LogP contribution in [-0.4, -0.2) is 17.4 Å². The van der Waals surface area contributed by atoms with Crippen LogP contribution in [0.2, 0.25) is 5.02 Å². The van der Waals surface area contributed by atoms with Gasteiger partial charge >= 0.3 is 0 Å². The molecule has 1 N–H and O–H groups in total. The Kier molecular flexibility index (Phi) is 6.72. The van der Waals surface area contributed by atoms with Crippen LogP contribution < -0.4 is 5.32 Å². The highest BCUT2D eigenvalue weighted by molar-refractivity contribution is 8.00. The molecule has 0 bridgehead atoms. The van der Waals surface area contributed by atoms with Crippen LogP contribution in [0.5, 0.6) is 0 Å². The Bertz CT molecular complexity index is 860. The fourth-order valence-electron chi connectivity index (χ4n) is 2.37. The Morgan fingerprint density at radius 2 is 1.81 bits per heavy atom. The van der Waals surface area contributed by atoms with E-state index < -0.39 is 0 Å². The van der Waals surface area contributed by atoms with Crippen molar-refractivity contribution < 1.29 is 4.79 Å². The van der Waals surface area contributed by atoms with Crippen molar-refractivity contribution in [2.45, 2.75) is 23.4 Å². The summed E-state index contributed by atoms with van der Waals surface area (Å²) in [6, 6.07) is 15.4. The van der Waals surface area contributed by atoms with Crippen LogP contribution in [0.1, 0.15) is 27.2 Å². The minimum Gasteiger partial charge on any atom is -0.352 e. The van der Waals surface area contributed by atoms with Gasteiger partial charge in [-0.15, -0.1) is 11.3 Å². The topological polar surface area (TPSA) is 42.0 Å². The van der Waals surface area contributed by atoms with E-state index in [0.29, 0.717) is 12.1 Å². The van der Waals surface area contributed by atoms with Gasteiger partial charge in [-0.25, -0.2) is 4.98 Å². The van der Waals surface area contributed by atoms with Crippen molar-refractivity contribution in [3.8, 4) is 0 Å². The molecule has 0 atom stereocenters. The molecule has 3 nitrogen and oxygen atoms in total. The third kappa shape index (κ3) is 5.59. The number of thiazole rings is 1. The van der Waals surface area contributed by atoms with Gasteiger partial charge in [0, 0.05) is 34.0 Å². The molecule has 2 aromatic carbocycles. The number of aromatic nitrogens is 1. The number of aryl methyl sites for hydroxylation is 1. The van der Waals surface area contributed by atoms with Crippen LogP contribution in [0, 0.1) is 6.92 Å². The first kappa shape index (κ1) is 19.0. The Morgan fingerprint density at radius 3 is 2.46 bits per heavy atom. The monoisotopic (exact) mass is 402 g/mol. The summed E-state index contributed by atoms with van der Waals surface area (Å²) in [6.07, 6.45) is 0.783. The summed E-state index contributed by atoms with van der Waals surface area (Å²) in [6.45, 7) is 2.60. The molecule has 0 unspecified atom stereocenters. The van der Waals surface area contributed by atoms with E-state index in [4.69, 9.17) is 11.6 Å². The number of benzene rings is 2. The summed E-state index contributed by atoms with van der Waals surface area (Å²) >= 11 is 9.26. The molecule has 26 heavy (non-hydrogen) atoms. The number of carbonyl (C=O) groups excluding carboxylic acids is 1. The molecule has 0 fully saturated rings. The Morgan fingerprint density at radius 1 is 1.12 bits per heavy atom. The zero-order chi connectivity index (χ0) is 18.4. The zero-order valence-electron chi connectivity index (χ0n) is 14.4. The van der Waals surface area contributed by atoms with Crippen molar-refractivity contribution in [3.63, 3.8) is 0 Å². The predicted molar refractivity (Wildman–Crippen MR) is 110 cm³/mol. The van der Waals surface area contributed by atoms with Gasteiger partial charge in [-0.05, 0) is 48.7 Å². The van der Waals surface area contributed by atoms with Gasteiger partial charge in [0.05, 0.1) is 0 Å². The fourth-order valence-corrected chi connectivity index (χ4v) is 4.30. The molecule has 1 amide bonds. The standard InChI is InChI=1S/C20H19ClN2OS2/c1-14-12-25-20(23-14)26-13-16-2-6-17(7-3-16)19(24)22-11-10-15-4-8-18(21)9-5-15/h2-9,12H,10-11,13H2,1H3,(H,22,24). The minimum absolute atomic E-state index is 0.0475. The highest BCUT2D eigenvalue weighted by atomic mass is 35.5. The molecule has 1 aromatic heterocycles. The number of nitrogens with zero attached hydrogens (tertiary/aromatic N) is 1. The van der Waals surface area contributed by atoms with Crippen LogP contribution in [0.25, 0.3) is 0 Å². The minimum atomic E-state index is -0.0475. The smallest absolute Gasteiger partial charge is 0.251 e. The quantitative estimate of drug-likeness (QED) is 0.540. The second kappa shape index (κ2) is 9.21. The van der Waals surface area contributed by atoms with Crippen molar-refractivity contribution in [2.24, 2.45) is 0 Å². The lowest BCUT2D eigenvalue weighted by molar-refractivity contribution is 0.0954. The number of hydrogen-bond donors (Lipinski definition) is 1. The van der Waals surface area contributed by atoms with Crippen molar-refractivity contribution in [1.29, 1.82) is 0 Å². The number of nitrogens with one attached hydrogen (secondary N) is 1. The van der Waals surface area contributed by atoms with Crippen LogP contribution in [0.15, 0.2) is 58.3 Å². The SMILES string of the molecule is Cc1csc(SCc2ccc(C(=O)NCCc3ccc(Cl)cc3)cc2)n1. The van der Waals surface area contributed by atoms with E-state index >= 15 is 0 Å². The lowest BCUT2D eigenvalue weighted by Crippen LogP contribution is -2.25. The average Bonchev–Trinajstić information content (AvgIpc) is 3.07. The summed E-state index contributed by atoms with van der Waals surface area (Å²) < 4.78 is 1.08. The molecule has 0 saturated heterocycles. The van der Waals surface area contributed by atoms with Gasteiger partial charge in [0.2, 0.25) is 0 Å². The highest BCUT2D eigenvalue weighted by Crippen LogP contribution is 2.26. The average molecular weight is 403 g/mol. The second-order valence-electron chi connectivity index (χ2n) is 5.87. The molecule has 0 spiro atoms. The van der Waals surface area contributed by atoms with Crippen molar-refractivity contribution in [1.82, 2.24) is 10.3 Å². The Labute approximate surface area is 166 Å². The van der Waals surface area contributed by atoms with Gasteiger partial charge in [0.25, 0.3) is 5.91 Å². The molecule has 0 aliphatic heterocycles. The highest BCUT2D eigenvalue weighted by Gasteiger charge is 2.06. The van der Waals surface area contributed by atoms with Gasteiger partial charge in [0.1, 0.15) is 4.34 Å².